The van der Waals surface area contributed by atoms with Gasteiger partial charge in [-0.25, -0.2) is 5.90 Å². The molecule has 0 heterocycles. The molecular formula is C6H15ClN4O. The molecule has 0 saturated carbocycles. The third-order valence-corrected chi connectivity index (χ3v) is 1.33. The summed E-state index contributed by atoms with van der Waals surface area (Å²) < 4.78 is 0. The number of nitrogens with two attached hydrogens (primary N) is 1. The summed E-state index contributed by atoms with van der Waals surface area (Å²) in [5.41, 5.74) is 7.93. The monoisotopic (exact) mass is 194 g/mol. The highest BCUT2D eigenvalue weighted by Gasteiger charge is 1.87. The summed E-state index contributed by atoms with van der Waals surface area (Å²) in [4.78, 5) is 7.04. The van der Waals surface area contributed by atoms with Crippen molar-refractivity contribution in [3.05, 3.63) is 10.4 Å². The maximum absolute atomic E-state index is 7.93. The molecule has 0 amide bonds. The van der Waals surface area contributed by atoms with E-state index in [2.05, 4.69) is 14.9 Å². The molecule has 0 saturated heterocycles. The number of hydrogen-bond acceptors (Lipinski definition) is 3. The van der Waals surface area contributed by atoms with Crippen LogP contribution in [0.3, 0.4) is 0 Å². The normalized spacial score (nSPS) is 8.42. The van der Waals surface area contributed by atoms with Gasteiger partial charge in [-0.3, -0.25) is 0 Å². The van der Waals surface area contributed by atoms with Gasteiger partial charge in [-0.1, -0.05) is 18.0 Å². The van der Waals surface area contributed by atoms with Crippen LogP contribution in [0.4, 0.5) is 0 Å². The van der Waals surface area contributed by atoms with Gasteiger partial charge in [0.05, 0.1) is 6.61 Å². The molecule has 0 rings (SSSR count). The molecule has 0 aromatic rings. The van der Waals surface area contributed by atoms with Crippen molar-refractivity contribution >= 4 is 12.4 Å². The van der Waals surface area contributed by atoms with Crippen LogP contribution in [0.2, 0.25) is 0 Å². The molecule has 5 nitrogen and oxygen atoms in total. The van der Waals surface area contributed by atoms with Crippen LogP contribution in [0.25, 0.3) is 10.4 Å². The molecule has 0 atom stereocenters. The van der Waals surface area contributed by atoms with E-state index in [1.165, 1.54) is 0 Å². The molecule has 0 aromatic carbocycles. The van der Waals surface area contributed by atoms with Crippen LogP contribution in [0.15, 0.2) is 5.11 Å². The summed E-state index contributed by atoms with van der Waals surface area (Å²) in [6.07, 6.45) is 4.09. The van der Waals surface area contributed by atoms with E-state index in [0.717, 1.165) is 25.7 Å². The highest BCUT2D eigenvalue weighted by molar-refractivity contribution is 5.85. The fraction of sp³-hybridized carbons (Fsp3) is 1.00. The molecular weight excluding hydrogens is 180 g/mol. The van der Waals surface area contributed by atoms with Gasteiger partial charge >= 0.3 is 0 Å². The van der Waals surface area contributed by atoms with E-state index in [1.807, 2.05) is 0 Å². The maximum atomic E-state index is 7.93. The van der Waals surface area contributed by atoms with Crippen molar-refractivity contribution in [3.8, 4) is 0 Å². The molecule has 72 valence electrons. The van der Waals surface area contributed by atoms with Crippen molar-refractivity contribution in [3.63, 3.8) is 0 Å². The molecule has 0 aliphatic heterocycles. The molecule has 0 aromatic heterocycles. The minimum absolute atomic E-state index is 0. The van der Waals surface area contributed by atoms with Crippen molar-refractivity contribution in [2.45, 2.75) is 25.7 Å². The fourth-order valence-electron chi connectivity index (χ4n) is 0.766. The van der Waals surface area contributed by atoms with Crippen LogP contribution in [-0.2, 0) is 4.84 Å². The number of hydrogen-bond donors (Lipinski definition) is 1. The molecule has 0 spiro atoms. The van der Waals surface area contributed by atoms with Crippen LogP contribution < -0.4 is 5.90 Å². The summed E-state index contributed by atoms with van der Waals surface area (Å²) >= 11 is 0. The first kappa shape index (κ1) is 14.1. The van der Waals surface area contributed by atoms with Gasteiger partial charge in [0.25, 0.3) is 0 Å². The van der Waals surface area contributed by atoms with E-state index < -0.39 is 0 Å². The Morgan fingerprint density at radius 2 is 1.92 bits per heavy atom. The Balaban J connectivity index is 0. The Labute approximate surface area is 78.3 Å². The number of rotatable bonds is 7. The van der Waals surface area contributed by atoms with Gasteiger partial charge < -0.3 is 4.84 Å². The molecule has 2 N–H and O–H groups in total. The minimum Gasteiger partial charge on any atom is -0.305 e. The van der Waals surface area contributed by atoms with Gasteiger partial charge in [0.15, 0.2) is 0 Å². The van der Waals surface area contributed by atoms with E-state index in [-0.39, 0.29) is 12.4 Å². The van der Waals surface area contributed by atoms with Crippen molar-refractivity contribution in [2.75, 3.05) is 13.2 Å². The first-order valence-corrected chi connectivity index (χ1v) is 3.74. The highest BCUT2D eigenvalue weighted by Crippen LogP contribution is 1.99. The second kappa shape index (κ2) is 13.1. The molecule has 0 bridgehead atoms. The zero-order chi connectivity index (χ0) is 8.36. The lowest BCUT2D eigenvalue weighted by Crippen LogP contribution is -2.00. The van der Waals surface area contributed by atoms with Gasteiger partial charge in [-0.2, -0.15) is 0 Å². The number of unbranched alkanes of at least 4 members (excludes halogenated alkanes) is 3. The van der Waals surface area contributed by atoms with E-state index in [0.29, 0.717) is 13.2 Å². The van der Waals surface area contributed by atoms with Crippen LogP contribution >= 0.6 is 12.4 Å². The minimum atomic E-state index is 0. The van der Waals surface area contributed by atoms with Gasteiger partial charge in [0, 0.05) is 11.5 Å². The molecule has 0 fully saturated rings. The van der Waals surface area contributed by atoms with E-state index in [1.54, 1.807) is 0 Å². The van der Waals surface area contributed by atoms with Crippen molar-refractivity contribution in [2.24, 2.45) is 11.0 Å². The lowest BCUT2D eigenvalue weighted by atomic mass is 10.2. The smallest absolute Gasteiger partial charge is 0.0679 e. The number of azide groups is 1. The van der Waals surface area contributed by atoms with Crippen molar-refractivity contribution < 1.29 is 4.84 Å². The molecule has 12 heavy (non-hydrogen) atoms. The third kappa shape index (κ3) is 12.2. The van der Waals surface area contributed by atoms with Gasteiger partial charge in [0.1, 0.15) is 0 Å². The second-order valence-electron chi connectivity index (χ2n) is 2.24. The Morgan fingerprint density at radius 1 is 1.25 bits per heavy atom. The van der Waals surface area contributed by atoms with Crippen molar-refractivity contribution in [1.29, 1.82) is 0 Å². The van der Waals surface area contributed by atoms with Crippen LogP contribution in [-0.4, -0.2) is 13.2 Å². The average molecular weight is 195 g/mol. The summed E-state index contributed by atoms with van der Waals surface area (Å²) in [5.74, 6) is 4.82. The third-order valence-electron chi connectivity index (χ3n) is 1.33. The Kier molecular flexibility index (Phi) is 15.4. The van der Waals surface area contributed by atoms with Gasteiger partial charge in [0.2, 0.25) is 0 Å². The molecule has 0 unspecified atom stereocenters. The number of nitrogens with zero attached hydrogens (tertiary/aromatic N) is 3. The SMILES string of the molecule is Cl.[N-]=[N+]=NCCCCCCON. The lowest BCUT2D eigenvalue weighted by molar-refractivity contribution is 0.133. The summed E-state index contributed by atoms with van der Waals surface area (Å²) in [6.45, 7) is 1.21. The first-order chi connectivity index (χ1) is 5.41. The fourth-order valence-corrected chi connectivity index (χ4v) is 0.766. The molecule has 0 aliphatic rings. The van der Waals surface area contributed by atoms with Crippen molar-refractivity contribution in [1.82, 2.24) is 0 Å². The Bertz CT molecular complexity index is 127. The van der Waals surface area contributed by atoms with Crippen LogP contribution in [0.1, 0.15) is 25.7 Å². The highest BCUT2D eigenvalue weighted by atomic mass is 35.5. The largest absolute Gasteiger partial charge is 0.305 e. The topological polar surface area (TPSA) is 84.0 Å². The van der Waals surface area contributed by atoms with E-state index >= 15 is 0 Å². The number of halogens is 1. The predicted molar refractivity (Wildman–Crippen MR) is 49.9 cm³/mol. The summed E-state index contributed by atoms with van der Waals surface area (Å²) in [5, 5.41) is 3.41. The predicted octanol–water partition coefficient (Wildman–Crippen LogP) is 2.17. The summed E-state index contributed by atoms with van der Waals surface area (Å²) in [6, 6.07) is 0. The molecule has 0 aliphatic carbocycles. The zero-order valence-corrected chi connectivity index (χ0v) is 7.79. The van der Waals surface area contributed by atoms with E-state index in [4.69, 9.17) is 11.4 Å². The van der Waals surface area contributed by atoms with Crippen LogP contribution in [0, 0.1) is 0 Å². The second-order valence-corrected chi connectivity index (χ2v) is 2.24. The maximum Gasteiger partial charge on any atom is 0.0679 e. The van der Waals surface area contributed by atoms with Gasteiger partial charge in [-0.15, -0.1) is 12.4 Å². The Hall–Kier alpha value is -0.480. The standard InChI is InChI=1S/C6H14N4O.ClH/c7-10-9-5-3-1-2-4-6-11-8;/h1-6,8H2;1H. The first-order valence-electron chi connectivity index (χ1n) is 3.74. The van der Waals surface area contributed by atoms with Crippen LogP contribution in [0.5, 0.6) is 0 Å². The zero-order valence-electron chi connectivity index (χ0n) is 6.98. The van der Waals surface area contributed by atoms with Gasteiger partial charge in [-0.05, 0) is 18.4 Å². The molecule has 0 radical (unpaired) electrons. The quantitative estimate of drug-likeness (QED) is 0.221. The lowest BCUT2D eigenvalue weighted by Gasteiger charge is -1.96. The Morgan fingerprint density at radius 3 is 2.50 bits per heavy atom. The average Bonchev–Trinajstić information content (AvgIpc) is 2.03. The molecule has 6 heteroatoms. The van der Waals surface area contributed by atoms with E-state index in [9.17, 15) is 0 Å². The summed E-state index contributed by atoms with van der Waals surface area (Å²) in [7, 11) is 0.